The largest absolute Gasteiger partial charge is 0.416 e. The van der Waals surface area contributed by atoms with Crippen LogP contribution in [-0.2, 0) is 17.5 Å². The summed E-state index contributed by atoms with van der Waals surface area (Å²) in [6, 6.07) is 7.59. The Hall–Kier alpha value is -3.24. The number of alkyl halides is 3. The Bertz CT molecular complexity index is 1170. The van der Waals surface area contributed by atoms with E-state index in [0.717, 1.165) is 18.2 Å². The van der Waals surface area contributed by atoms with E-state index in [9.17, 15) is 27.5 Å². The summed E-state index contributed by atoms with van der Waals surface area (Å²) in [7, 11) is 0. The Morgan fingerprint density at radius 1 is 1.22 bits per heavy atom. The number of nitrogen functional groups attached to an aromatic ring is 1. The smallest absolute Gasteiger partial charge is 0.392 e. The number of aliphatic hydroxyl groups excluding tert-OH is 1. The molecule has 1 fully saturated rings. The predicted molar refractivity (Wildman–Crippen MR) is 108 cm³/mol. The van der Waals surface area contributed by atoms with E-state index in [0.29, 0.717) is 16.5 Å². The van der Waals surface area contributed by atoms with Crippen molar-refractivity contribution < 1.29 is 32.2 Å². The Morgan fingerprint density at radius 3 is 2.59 bits per heavy atom. The molecule has 3 N–H and O–H groups in total. The van der Waals surface area contributed by atoms with E-state index in [2.05, 4.69) is 4.98 Å². The number of carbonyl (C=O) groups excluding carboxylic acids is 1. The van der Waals surface area contributed by atoms with Gasteiger partial charge in [-0.1, -0.05) is 12.1 Å². The van der Waals surface area contributed by atoms with Crippen LogP contribution in [0.3, 0.4) is 0 Å². The van der Waals surface area contributed by atoms with Crippen LogP contribution < -0.4 is 5.73 Å². The number of aromatic nitrogens is 1. The number of benzene rings is 2. The van der Waals surface area contributed by atoms with Gasteiger partial charge in [-0.05, 0) is 35.4 Å². The summed E-state index contributed by atoms with van der Waals surface area (Å²) in [4.78, 5) is 18.7. The number of carbonyl (C=O) groups is 1. The summed E-state index contributed by atoms with van der Waals surface area (Å²) in [6.07, 6.45) is -4.48. The lowest BCUT2D eigenvalue weighted by Gasteiger charge is -2.36. The number of pyridine rings is 1. The molecule has 1 aliphatic rings. The van der Waals surface area contributed by atoms with Crippen LogP contribution in [0.2, 0.25) is 0 Å². The standard InChI is InChI=1S/C22H19F4N3O3/c23-17-9-18-15(13(10-30)7-20(27)28-18)8-16(17)21(31)29-5-6-32-11-19(29)12-1-3-14(4-2-12)22(24,25)26/h1-4,7-9,19,30H,5-6,10-11H2,(H2,27,28). The van der Waals surface area contributed by atoms with Crippen LogP contribution in [0.1, 0.15) is 33.1 Å². The minimum absolute atomic E-state index is 0.0618. The quantitative estimate of drug-likeness (QED) is 0.596. The van der Waals surface area contributed by atoms with Gasteiger partial charge < -0.3 is 20.5 Å². The molecule has 0 bridgehead atoms. The second-order valence-electron chi connectivity index (χ2n) is 7.42. The second kappa shape index (κ2) is 8.36. The van der Waals surface area contributed by atoms with Crippen LogP contribution in [0.25, 0.3) is 10.9 Å². The van der Waals surface area contributed by atoms with Gasteiger partial charge in [0.25, 0.3) is 5.91 Å². The number of amides is 1. The summed E-state index contributed by atoms with van der Waals surface area (Å²) in [5.41, 5.74) is 5.67. The normalized spacial score (nSPS) is 17.0. The molecule has 0 spiro atoms. The average molecular weight is 449 g/mol. The molecule has 2 heterocycles. The van der Waals surface area contributed by atoms with Crippen molar-refractivity contribution in [2.45, 2.75) is 18.8 Å². The lowest BCUT2D eigenvalue weighted by molar-refractivity contribution is -0.137. The van der Waals surface area contributed by atoms with E-state index in [1.54, 1.807) is 0 Å². The minimum atomic E-state index is -4.48. The van der Waals surface area contributed by atoms with Gasteiger partial charge >= 0.3 is 6.18 Å². The van der Waals surface area contributed by atoms with Crippen molar-refractivity contribution in [3.63, 3.8) is 0 Å². The molecule has 1 unspecified atom stereocenters. The van der Waals surface area contributed by atoms with E-state index < -0.39 is 29.5 Å². The lowest BCUT2D eigenvalue weighted by Crippen LogP contribution is -2.43. The molecule has 0 saturated carbocycles. The van der Waals surface area contributed by atoms with Crippen molar-refractivity contribution >= 4 is 22.6 Å². The van der Waals surface area contributed by atoms with Gasteiger partial charge in [-0.3, -0.25) is 4.79 Å². The first-order valence-electron chi connectivity index (χ1n) is 9.74. The Kier molecular flexibility index (Phi) is 5.74. The first-order chi connectivity index (χ1) is 15.2. The molecule has 2 aromatic carbocycles. The minimum Gasteiger partial charge on any atom is -0.392 e. The SMILES string of the molecule is Nc1cc(CO)c2cc(C(=O)N3CCOCC3c3ccc(C(F)(F)F)cc3)c(F)cc2n1. The number of hydrogen-bond donors (Lipinski definition) is 2. The second-order valence-corrected chi connectivity index (χ2v) is 7.42. The molecule has 0 aliphatic carbocycles. The predicted octanol–water partition coefficient (Wildman–Crippen LogP) is 3.68. The summed E-state index contributed by atoms with van der Waals surface area (Å²) >= 11 is 0. The number of aliphatic hydroxyl groups is 1. The van der Waals surface area contributed by atoms with Crippen LogP contribution in [0, 0.1) is 5.82 Å². The molecule has 3 aromatic rings. The third-order valence-corrected chi connectivity index (χ3v) is 5.42. The molecule has 10 heteroatoms. The molecule has 0 radical (unpaired) electrons. The van der Waals surface area contributed by atoms with Crippen molar-refractivity contribution in [3.8, 4) is 0 Å². The van der Waals surface area contributed by atoms with Gasteiger partial charge in [-0.15, -0.1) is 0 Å². The topological polar surface area (TPSA) is 88.7 Å². The van der Waals surface area contributed by atoms with Crippen LogP contribution >= 0.6 is 0 Å². The summed E-state index contributed by atoms with van der Waals surface area (Å²) in [5.74, 6) is -1.35. The van der Waals surface area contributed by atoms with Gasteiger partial charge in [0.1, 0.15) is 11.6 Å². The highest BCUT2D eigenvalue weighted by molar-refractivity contribution is 5.99. The molecule has 6 nitrogen and oxygen atoms in total. The molecular formula is C22H19F4N3O3. The van der Waals surface area contributed by atoms with E-state index in [4.69, 9.17) is 10.5 Å². The van der Waals surface area contributed by atoms with Crippen LogP contribution in [-0.4, -0.2) is 40.7 Å². The monoisotopic (exact) mass is 449 g/mol. The van der Waals surface area contributed by atoms with Gasteiger partial charge in [0.15, 0.2) is 0 Å². The van der Waals surface area contributed by atoms with Crippen molar-refractivity contribution in [3.05, 3.63) is 70.5 Å². The first-order valence-corrected chi connectivity index (χ1v) is 9.74. The molecule has 168 valence electrons. The Labute approximate surface area is 180 Å². The molecule has 1 aromatic heterocycles. The summed E-state index contributed by atoms with van der Waals surface area (Å²) in [6.45, 7) is 0.0212. The fraction of sp³-hybridized carbons (Fsp3) is 0.273. The highest BCUT2D eigenvalue weighted by atomic mass is 19.4. The maximum Gasteiger partial charge on any atom is 0.416 e. The molecule has 32 heavy (non-hydrogen) atoms. The van der Waals surface area contributed by atoms with Crippen molar-refractivity contribution in [2.24, 2.45) is 0 Å². The number of nitrogens with two attached hydrogens (primary N) is 1. The van der Waals surface area contributed by atoms with Crippen LogP contribution in [0.4, 0.5) is 23.4 Å². The van der Waals surface area contributed by atoms with Gasteiger partial charge in [-0.25, -0.2) is 9.37 Å². The Morgan fingerprint density at radius 2 is 1.94 bits per heavy atom. The maximum absolute atomic E-state index is 14.9. The number of halogens is 4. The fourth-order valence-electron chi connectivity index (χ4n) is 3.81. The third kappa shape index (κ3) is 4.11. The number of rotatable bonds is 3. The average Bonchev–Trinajstić information content (AvgIpc) is 2.77. The highest BCUT2D eigenvalue weighted by Crippen LogP contribution is 2.33. The fourth-order valence-corrected chi connectivity index (χ4v) is 3.81. The summed E-state index contributed by atoms with van der Waals surface area (Å²) in [5, 5.41) is 9.99. The van der Waals surface area contributed by atoms with E-state index >= 15 is 0 Å². The number of morpholine rings is 1. The highest BCUT2D eigenvalue weighted by Gasteiger charge is 2.33. The van der Waals surface area contributed by atoms with Gasteiger partial charge in [0, 0.05) is 18.0 Å². The van der Waals surface area contributed by atoms with Crippen LogP contribution in [0.5, 0.6) is 0 Å². The lowest BCUT2D eigenvalue weighted by atomic mass is 10.0. The molecule has 4 rings (SSSR count). The van der Waals surface area contributed by atoms with E-state index in [-0.39, 0.29) is 43.3 Å². The number of hydrogen-bond acceptors (Lipinski definition) is 5. The Balaban J connectivity index is 1.71. The zero-order valence-corrected chi connectivity index (χ0v) is 16.7. The molecule has 1 aliphatic heterocycles. The van der Waals surface area contributed by atoms with E-state index in [1.165, 1.54) is 29.2 Å². The van der Waals surface area contributed by atoms with Crippen LogP contribution in [0.15, 0.2) is 42.5 Å². The number of nitrogens with zero attached hydrogens (tertiary/aromatic N) is 2. The zero-order chi connectivity index (χ0) is 23.0. The summed E-state index contributed by atoms with van der Waals surface area (Å²) < 4.78 is 58.9. The molecule has 1 saturated heterocycles. The molecular weight excluding hydrogens is 430 g/mol. The van der Waals surface area contributed by atoms with Gasteiger partial charge in [0.05, 0.1) is 42.5 Å². The molecule has 1 amide bonds. The van der Waals surface area contributed by atoms with Crippen molar-refractivity contribution in [1.29, 1.82) is 0 Å². The van der Waals surface area contributed by atoms with E-state index in [1.807, 2.05) is 0 Å². The zero-order valence-electron chi connectivity index (χ0n) is 16.7. The van der Waals surface area contributed by atoms with Crippen molar-refractivity contribution in [1.82, 2.24) is 9.88 Å². The number of anilines is 1. The number of fused-ring (bicyclic) bond motifs is 1. The van der Waals surface area contributed by atoms with Gasteiger partial charge in [0.2, 0.25) is 0 Å². The van der Waals surface area contributed by atoms with Crippen molar-refractivity contribution in [2.75, 3.05) is 25.5 Å². The van der Waals surface area contributed by atoms with Gasteiger partial charge in [-0.2, -0.15) is 13.2 Å². The maximum atomic E-state index is 14.9. The molecule has 1 atom stereocenters. The third-order valence-electron chi connectivity index (χ3n) is 5.42. The first kappa shape index (κ1) is 22.0. The number of ether oxygens (including phenoxy) is 1.